The average molecular weight is 328 g/mol. The second-order valence-corrected chi connectivity index (χ2v) is 5.53. The molecule has 0 spiro atoms. The van der Waals surface area contributed by atoms with Crippen LogP contribution in [0.25, 0.3) is 0 Å². The molecular formula is C10H16BrClN2OS. The first-order valence-electron chi connectivity index (χ1n) is 4.77. The van der Waals surface area contributed by atoms with Gasteiger partial charge in [0.25, 0.3) is 0 Å². The van der Waals surface area contributed by atoms with Gasteiger partial charge in [-0.3, -0.25) is 4.79 Å². The van der Waals surface area contributed by atoms with Gasteiger partial charge in [0.15, 0.2) is 0 Å². The highest BCUT2D eigenvalue weighted by atomic mass is 79.9. The van der Waals surface area contributed by atoms with Crippen molar-refractivity contribution >= 4 is 45.6 Å². The number of hydrogen-bond acceptors (Lipinski definition) is 3. The predicted molar refractivity (Wildman–Crippen MR) is 73.9 cm³/mol. The van der Waals surface area contributed by atoms with Crippen molar-refractivity contribution < 1.29 is 4.79 Å². The minimum absolute atomic E-state index is 0. The van der Waals surface area contributed by atoms with Gasteiger partial charge in [-0.05, 0) is 33.3 Å². The standard InChI is InChI=1S/C10H15BrN2OS.ClH/c1-6(2)9(12)10(14)13-5-8-7(11)3-4-15-8;/h3-4,6,9H,5,12H2,1-2H3,(H,13,14);1H. The van der Waals surface area contributed by atoms with Crippen molar-refractivity contribution in [3.8, 4) is 0 Å². The van der Waals surface area contributed by atoms with Crippen molar-refractivity contribution in [2.24, 2.45) is 11.7 Å². The van der Waals surface area contributed by atoms with Crippen LogP contribution in [0.5, 0.6) is 0 Å². The molecule has 3 nitrogen and oxygen atoms in total. The lowest BCUT2D eigenvalue weighted by molar-refractivity contribution is -0.123. The fourth-order valence-electron chi connectivity index (χ4n) is 1.04. The first-order valence-corrected chi connectivity index (χ1v) is 6.44. The summed E-state index contributed by atoms with van der Waals surface area (Å²) in [6.07, 6.45) is 0. The summed E-state index contributed by atoms with van der Waals surface area (Å²) in [5.74, 6) is 0.0714. The monoisotopic (exact) mass is 326 g/mol. The molecule has 1 heterocycles. The van der Waals surface area contributed by atoms with Crippen molar-refractivity contribution in [1.82, 2.24) is 5.32 Å². The first kappa shape index (κ1) is 15.9. The lowest BCUT2D eigenvalue weighted by atomic mass is 10.1. The number of carbonyl (C=O) groups excluding carboxylic acids is 1. The third-order valence-electron chi connectivity index (χ3n) is 2.14. The number of carbonyl (C=O) groups is 1. The van der Waals surface area contributed by atoms with Gasteiger partial charge in [-0.15, -0.1) is 23.7 Å². The molecule has 1 atom stereocenters. The molecule has 1 rings (SSSR count). The number of hydrogen-bond donors (Lipinski definition) is 2. The van der Waals surface area contributed by atoms with E-state index in [9.17, 15) is 4.79 Å². The summed E-state index contributed by atoms with van der Waals surface area (Å²) in [6.45, 7) is 4.41. The second-order valence-electron chi connectivity index (χ2n) is 3.68. The van der Waals surface area contributed by atoms with E-state index in [0.29, 0.717) is 6.54 Å². The van der Waals surface area contributed by atoms with E-state index in [2.05, 4.69) is 21.2 Å². The molecule has 1 aromatic heterocycles. The molecule has 0 fully saturated rings. The molecule has 16 heavy (non-hydrogen) atoms. The van der Waals surface area contributed by atoms with Crippen LogP contribution in [0.4, 0.5) is 0 Å². The molecule has 6 heteroatoms. The maximum Gasteiger partial charge on any atom is 0.237 e. The molecule has 3 N–H and O–H groups in total. The third-order valence-corrected chi connectivity index (χ3v) is 4.06. The predicted octanol–water partition coefficient (Wildman–Crippen LogP) is 2.53. The molecule has 0 saturated carbocycles. The van der Waals surface area contributed by atoms with Crippen LogP contribution < -0.4 is 11.1 Å². The van der Waals surface area contributed by atoms with Gasteiger partial charge in [-0.25, -0.2) is 0 Å². The van der Waals surface area contributed by atoms with Gasteiger partial charge in [-0.1, -0.05) is 13.8 Å². The summed E-state index contributed by atoms with van der Waals surface area (Å²) in [5, 5.41) is 4.80. The van der Waals surface area contributed by atoms with Crippen LogP contribution in [0, 0.1) is 5.92 Å². The second kappa shape index (κ2) is 7.27. The number of amides is 1. The summed E-state index contributed by atoms with van der Waals surface area (Å²) in [7, 11) is 0. The Balaban J connectivity index is 0.00000225. The maximum atomic E-state index is 11.5. The zero-order valence-corrected chi connectivity index (χ0v) is 12.4. The quantitative estimate of drug-likeness (QED) is 0.893. The average Bonchev–Trinajstić information content (AvgIpc) is 2.59. The minimum Gasteiger partial charge on any atom is -0.350 e. The Kier molecular flexibility index (Phi) is 7.22. The van der Waals surface area contributed by atoms with E-state index in [4.69, 9.17) is 5.73 Å². The number of nitrogens with two attached hydrogens (primary N) is 1. The molecule has 0 aromatic carbocycles. The van der Waals surface area contributed by atoms with Crippen LogP contribution >= 0.6 is 39.7 Å². The Morgan fingerprint density at radius 2 is 2.25 bits per heavy atom. The Labute approximate surface area is 114 Å². The molecule has 92 valence electrons. The Hall–Kier alpha value is -0.100. The van der Waals surface area contributed by atoms with Crippen LogP contribution in [0.3, 0.4) is 0 Å². The van der Waals surface area contributed by atoms with Gasteiger partial charge in [-0.2, -0.15) is 0 Å². The van der Waals surface area contributed by atoms with Crippen LogP contribution in [-0.2, 0) is 11.3 Å². The molecule has 0 aliphatic carbocycles. The van der Waals surface area contributed by atoms with Gasteiger partial charge in [0.2, 0.25) is 5.91 Å². The van der Waals surface area contributed by atoms with Gasteiger partial charge in [0.05, 0.1) is 12.6 Å². The van der Waals surface area contributed by atoms with Crippen molar-refractivity contribution in [2.75, 3.05) is 0 Å². The van der Waals surface area contributed by atoms with E-state index in [-0.39, 0.29) is 24.2 Å². The lowest BCUT2D eigenvalue weighted by Crippen LogP contribution is -2.43. The number of rotatable bonds is 4. The van der Waals surface area contributed by atoms with Crippen molar-refractivity contribution in [2.45, 2.75) is 26.4 Å². The Morgan fingerprint density at radius 3 is 2.69 bits per heavy atom. The number of halogens is 2. The van der Waals surface area contributed by atoms with Crippen LogP contribution in [0.1, 0.15) is 18.7 Å². The summed E-state index contributed by atoms with van der Waals surface area (Å²) in [5.41, 5.74) is 5.72. The van der Waals surface area contributed by atoms with E-state index >= 15 is 0 Å². The van der Waals surface area contributed by atoms with E-state index in [1.54, 1.807) is 11.3 Å². The molecule has 0 saturated heterocycles. The molecule has 1 aromatic rings. The maximum absolute atomic E-state index is 11.5. The topological polar surface area (TPSA) is 55.1 Å². The van der Waals surface area contributed by atoms with E-state index < -0.39 is 6.04 Å². The van der Waals surface area contributed by atoms with Crippen molar-refractivity contribution in [3.05, 3.63) is 20.8 Å². The van der Waals surface area contributed by atoms with Crippen molar-refractivity contribution in [3.63, 3.8) is 0 Å². The lowest BCUT2D eigenvalue weighted by Gasteiger charge is -2.14. The fraction of sp³-hybridized carbons (Fsp3) is 0.500. The molecule has 0 radical (unpaired) electrons. The highest BCUT2D eigenvalue weighted by molar-refractivity contribution is 9.10. The van der Waals surface area contributed by atoms with Crippen LogP contribution in [0.2, 0.25) is 0 Å². The minimum atomic E-state index is -0.427. The smallest absolute Gasteiger partial charge is 0.237 e. The molecule has 0 bridgehead atoms. The van der Waals surface area contributed by atoms with Gasteiger partial charge in [0.1, 0.15) is 0 Å². The highest BCUT2D eigenvalue weighted by Gasteiger charge is 2.16. The zero-order valence-electron chi connectivity index (χ0n) is 9.20. The zero-order chi connectivity index (χ0) is 11.4. The largest absolute Gasteiger partial charge is 0.350 e. The van der Waals surface area contributed by atoms with Gasteiger partial charge < -0.3 is 11.1 Å². The first-order chi connectivity index (χ1) is 7.02. The molecule has 1 amide bonds. The Morgan fingerprint density at radius 1 is 1.62 bits per heavy atom. The summed E-state index contributed by atoms with van der Waals surface area (Å²) < 4.78 is 1.03. The summed E-state index contributed by atoms with van der Waals surface area (Å²) in [4.78, 5) is 12.7. The van der Waals surface area contributed by atoms with Gasteiger partial charge >= 0.3 is 0 Å². The van der Waals surface area contributed by atoms with E-state index in [0.717, 1.165) is 9.35 Å². The normalized spacial score (nSPS) is 12.1. The van der Waals surface area contributed by atoms with Crippen LogP contribution in [-0.4, -0.2) is 11.9 Å². The molecular weight excluding hydrogens is 312 g/mol. The molecule has 0 aliphatic heterocycles. The molecule has 0 aliphatic rings. The molecule has 1 unspecified atom stereocenters. The van der Waals surface area contributed by atoms with Gasteiger partial charge in [0, 0.05) is 9.35 Å². The summed E-state index contributed by atoms with van der Waals surface area (Å²) >= 11 is 5.02. The highest BCUT2D eigenvalue weighted by Crippen LogP contribution is 2.22. The summed E-state index contributed by atoms with van der Waals surface area (Å²) in [6, 6.07) is 1.54. The number of nitrogens with one attached hydrogen (secondary N) is 1. The van der Waals surface area contributed by atoms with Crippen LogP contribution in [0.15, 0.2) is 15.9 Å². The third kappa shape index (κ3) is 4.41. The van der Waals surface area contributed by atoms with E-state index in [1.807, 2.05) is 25.3 Å². The SMILES string of the molecule is CC(C)C(N)C(=O)NCc1sccc1Br.Cl. The van der Waals surface area contributed by atoms with E-state index in [1.165, 1.54) is 0 Å². The number of thiophene rings is 1. The fourth-order valence-corrected chi connectivity index (χ4v) is 2.47. The van der Waals surface area contributed by atoms with Crippen molar-refractivity contribution in [1.29, 1.82) is 0 Å². The Bertz CT molecular complexity index is 343.